The van der Waals surface area contributed by atoms with E-state index in [9.17, 15) is 19.2 Å². The van der Waals surface area contributed by atoms with Gasteiger partial charge in [0.1, 0.15) is 17.9 Å². The average molecular weight is 883 g/mol. The number of ether oxygens (including phenoxy) is 2. The van der Waals surface area contributed by atoms with Gasteiger partial charge in [0.25, 0.3) is 0 Å². The number of nitrogens with zero attached hydrogens (tertiary/aromatic N) is 5. The molecule has 3 aromatic carbocycles. The molecule has 3 N–H and O–H groups in total. The van der Waals surface area contributed by atoms with Crippen LogP contribution in [0.4, 0.5) is 15.3 Å². The largest absolute Gasteiger partial charge is 0.453 e. The molecule has 8 rings (SSSR count). The van der Waals surface area contributed by atoms with Crippen LogP contribution in [0.2, 0.25) is 0 Å². The van der Waals surface area contributed by atoms with Gasteiger partial charge in [0.15, 0.2) is 0 Å². The zero-order valence-corrected chi connectivity index (χ0v) is 38.3. The Kier molecular flexibility index (Phi) is 13.7. The van der Waals surface area contributed by atoms with E-state index in [1.807, 2.05) is 43.7 Å². The van der Waals surface area contributed by atoms with Gasteiger partial charge in [-0.05, 0) is 84.7 Å². The van der Waals surface area contributed by atoms with Crippen molar-refractivity contribution in [1.82, 2.24) is 30.4 Å². The molecule has 1 aromatic heterocycles. The highest BCUT2D eigenvalue weighted by atomic mass is 16.5. The summed E-state index contributed by atoms with van der Waals surface area (Å²) < 4.78 is 9.60. The third kappa shape index (κ3) is 9.53. The van der Waals surface area contributed by atoms with Crippen molar-refractivity contribution in [2.45, 2.75) is 109 Å². The molecule has 14 nitrogen and oxygen atoms in total. The van der Waals surface area contributed by atoms with Gasteiger partial charge in [-0.2, -0.15) is 0 Å². The number of imidazole rings is 1. The van der Waals surface area contributed by atoms with E-state index in [4.69, 9.17) is 19.5 Å². The molecule has 3 saturated heterocycles. The monoisotopic (exact) mass is 882 g/mol. The number of aromatic amines is 1. The fraction of sp³-hybridized carbons (Fsp3) is 0.451. The average Bonchev–Trinajstić information content (AvgIpc) is 4.19. The minimum absolute atomic E-state index is 0.0873. The van der Waals surface area contributed by atoms with Crippen molar-refractivity contribution in [2.24, 2.45) is 16.8 Å². The number of anilines is 1. The fourth-order valence-electron chi connectivity index (χ4n) is 10.1. The third-order valence-corrected chi connectivity index (χ3v) is 13.6. The number of benzene rings is 3. The molecule has 0 saturated carbocycles. The van der Waals surface area contributed by atoms with E-state index in [-0.39, 0.29) is 47.8 Å². The lowest BCUT2D eigenvalue weighted by atomic mass is 10.0. The SMILES string of the molecule is COC(=O)N[C@H](C(=O)N1CCC[C@H]1C1=NC(c2ccc(C3CCC(c4ccc(-c5cnc([C@@H]6CCCN6C(=O)[C@@H](NC(=O)OC)C(C)C)[nH]5)cc4)N3c3ccccc3)cc2)=CC1)C(C)C. The number of aliphatic imine (C=N–C) groups is 1. The number of H-pyrrole nitrogens is 1. The van der Waals surface area contributed by atoms with Crippen LogP contribution in [0, 0.1) is 11.8 Å². The van der Waals surface area contributed by atoms with E-state index in [0.717, 1.165) is 72.6 Å². The highest BCUT2D eigenvalue weighted by molar-refractivity contribution is 6.02. The van der Waals surface area contributed by atoms with Crippen molar-refractivity contribution in [2.75, 3.05) is 32.2 Å². The number of rotatable bonds is 13. The number of aromatic nitrogens is 2. The summed E-state index contributed by atoms with van der Waals surface area (Å²) in [7, 11) is 2.61. The fourth-order valence-corrected chi connectivity index (χ4v) is 10.1. The van der Waals surface area contributed by atoms with E-state index in [0.29, 0.717) is 19.5 Å². The van der Waals surface area contributed by atoms with Crippen LogP contribution in [0.1, 0.15) is 113 Å². The summed E-state index contributed by atoms with van der Waals surface area (Å²) in [6, 6.07) is 26.9. The number of nitrogens with one attached hydrogen (secondary N) is 3. The zero-order valence-electron chi connectivity index (χ0n) is 38.3. The molecule has 0 spiro atoms. The highest BCUT2D eigenvalue weighted by Gasteiger charge is 2.40. The van der Waals surface area contributed by atoms with Crippen LogP contribution in [-0.4, -0.2) is 94.9 Å². The Morgan fingerprint density at radius 2 is 1.18 bits per heavy atom. The standard InChI is InChI=1S/C51H62N8O6/c1-31(2)45(55-50(62)64-5)48(60)57-28-10-14-43(57)39-25-24-38(53-39)33-16-20-35(21-17-33)41-26-27-42(59(41)37-12-8-7-9-13-37)36-22-18-34(19-23-36)40-30-52-47(54-40)44-15-11-29-58(44)49(61)46(32(3)4)56-51(63)65-6/h7-9,12-13,16-24,30-32,41-46H,10-11,14-15,25-29H2,1-6H3,(H,52,54)(H,55,62)(H,56,63)/t41?,42?,43-,44-,45-,46-/m0/s1. The number of alkyl carbamates (subject to hydrolysis) is 2. The topological polar surface area (TPSA) is 162 Å². The van der Waals surface area contributed by atoms with Crippen molar-refractivity contribution in [3.05, 3.63) is 114 Å². The Labute approximate surface area is 381 Å². The van der Waals surface area contributed by atoms with Gasteiger partial charge in [-0.1, -0.05) is 101 Å². The van der Waals surface area contributed by atoms with Crippen LogP contribution in [0.3, 0.4) is 0 Å². The number of carbonyl (C=O) groups is 4. The minimum atomic E-state index is -0.688. The molecule has 14 heteroatoms. The number of carbonyl (C=O) groups excluding carboxylic acids is 4. The molecule has 4 amide bonds. The summed E-state index contributed by atoms with van der Waals surface area (Å²) in [4.78, 5) is 71.2. The molecular formula is C51H62N8O6. The number of hydrogen-bond donors (Lipinski definition) is 3. The number of methoxy groups -OCH3 is 2. The number of allylic oxidation sites excluding steroid dienone is 1. The first-order valence-electron chi connectivity index (χ1n) is 23.1. The maximum atomic E-state index is 13.7. The van der Waals surface area contributed by atoms with E-state index in [1.54, 1.807) is 0 Å². The van der Waals surface area contributed by atoms with Gasteiger partial charge in [0.2, 0.25) is 11.8 Å². The summed E-state index contributed by atoms with van der Waals surface area (Å²) in [5, 5.41) is 5.46. The first-order valence-corrected chi connectivity index (χ1v) is 23.1. The molecule has 2 unspecified atom stereocenters. The first kappa shape index (κ1) is 45.1. The third-order valence-electron chi connectivity index (χ3n) is 13.6. The summed E-state index contributed by atoms with van der Waals surface area (Å²) in [6.45, 7) is 8.92. The minimum Gasteiger partial charge on any atom is -0.453 e. The molecule has 4 aliphatic rings. The molecule has 3 fully saturated rings. The smallest absolute Gasteiger partial charge is 0.407 e. The second kappa shape index (κ2) is 19.7. The van der Waals surface area contributed by atoms with E-state index in [1.165, 1.54) is 31.0 Å². The van der Waals surface area contributed by atoms with Crippen molar-refractivity contribution in [3.8, 4) is 11.3 Å². The highest BCUT2D eigenvalue weighted by Crippen LogP contribution is 2.47. The molecular weight excluding hydrogens is 821 g/mol. The number of hydrogen-bond acceptors (Lipinski definition) is 9. The van der Waals surface area contributed by atoms with Crippen LogP contribution in [0.5, 0.6) is 0 Å². The van der Waals surface area contributed by atoms with Gasteiger partial charge in [0.05, 0.1) is 56.0 Å². The lowest BCUT2D eigenvalue weighted by Crippen LogP contribution is -2.53. The van der Waals surface area contributed by atoms with Crippen LogP contribution < -0.4 is 15.5 Å². The Bertz CT molecular complexity index is 2390. The van der Waals surface area contributed by atoms with Crippen molar-refractivity contribution in [3.63, 3.8) is 0 Å². The maximum absolute atomic E-state index is 13.7. The molecule has 0 aliphatic carbocycles. The first-order chi connectivity index (χ1) is 31.4. The van der Waals surface area contributed by atoms with E-state index in [2.05, 4.69) is 105 Å². The van der Waals surface area contributed by atoms with Gasteiger partial charge in [-0.3, -0.25) is 14.6 Å². The van der Waals surface area contributed by atoms with Crippen molar-refractivity contribution in [1.29, 1.82) is 0 Å². The summed E-state index contributed by atoms with van der Waals surface area (Å²) in [5.41, 5.74) is 8.52. The normalized spacial score (nSPS) is 21.6. The van der Waals surface area contributed by atoms with E-state index >= 15 is 0 Å². The number of para-hydroxylation sites is 1. The van der Waals surface area contributed by atoms with Gasteiger partial charge in [-0.15, -0.1) is 0 Å². The van der Waals surface area contributed by atoms with Crippen molar-refractivity contribution >= 4 is 41.1 Å². The summed E-state index contributed by atoms with van der Waals surface area (Å²) in [5.74, 6) is 0.325. The molecule has 6 atom stereocenters. The quantitative estimate of drug-likeness (QED) is 0.120. The van der Waals surface area contributed by atoms with Crippen LogP contribution >= 0.6 is 0 Å². The van der Waals surface area contributed by atoms with Crippen LogP contribution in [-0.2, 0) is 19.1 Å². The molecule has 342 valence electrons. The Hall–Kier alpha value is -6.44. The Balaban J connectivity index is 0.957. The molecule has 65 heavy (non-hydrogen) atoms. The molecule has 4 aliphatic heterocycles. The van der Waals surface area contributed by atoms with Gasteiger partial charge >= 0.3 is 12.2 Å². The van der Waals surface area contributed by atoms with E-state index < -0.39 is 24.3 Å². The molecule has 0 bridgehead atoms. The molecule has 4 aromatic rings. The van der Waals surface area contributed by atoms with Gasteiger partial charge in [-0.25, -0.2) is 14.6 Å². The second-order valence-corrected chi connectivity index (χ2v) is 18.3. The lowest BCUT2D eigenvalue weighted by molar-refractivity contribution is -0.135. The van der Waals surface area contributed by atoms with Crippen LogP contribution in [0.25, 0.3) is 17.0 Å². The summed E-state index contributed by atoms with van der Waals surface area (Å²) >= 11 is 0. The Morgan fingerprint density at radius 1 is 0.662 bits per heavy atom. The molecule has 0 radical (unpaired) electrons. The second-order valence-electron chi connectivity index (χ2n) is 18.3. The predicted molar refractivity (Wildman–Crippen MR) is 251 cm³/mol. The number of amides is 4. The Morgan fingerprint density at radius 3 is 1.72 bits per heavy atom. The zero-order chi connectivity index (χ0) is 45.8. The molecule has 5 heterocycles. The number of likely N-dealkylation sites (tertiary alicyclic amines) is 2. The summed E-state index contributed by atoms with van der Waals surface area (Å²) in [6.07, 6.45) is 8.83. The predicted octanol–water partition coefficient (Wildman–Crippen LogP) is 8.76. The lowest BCUT2D eigenvalue weighted by Gasteiger charge is -2.33. The van der Waals surface area contributed by atoms with Crippen LogP contribution in [0.15, 0.2) is 96.1 Å². The van der Waals surface area contributed by atoms with Gasteiger partial charge < -0.3 is 39.8 Å². The maximum Gasteiger partial charge on any atom is 0.407 e. The van der Waals surface area contributed by atoms with Gasteiger partial charge in [0, 0.05) is 30.9 Å². The van der Waals surface area contributed by atoms with Crippen molar-refractivity contribution < 1.29 is 28.7 Å².